The van der Waals surface area contributed by atoms with Crippen LogP contribution in [0.2, 0.25) is 0 Å². The summed E-state index contributed by atoms with van der Waals surface area (Å²) in [5.74, 6) is 1.32. The molecule has 0 bridgehead atoms. The van der Waals surface area contributed by atoms with Gasteiger partial charge in [0, 0.05) is 5.25 Å². The van der Waals surface area contributed by atoms with Gasteiger partial charge in [-0.25, -0.2) is 0 Å². The van der Waals surface area contributed by atoms with E-state index in [2.05, 4.69) is 11.8 Å². The lowest BCUT2D eigenvalue weighted by atomic mass is 9.81. The van der Waals surface area contributed by atoms with Gasteiger partial charge in [0.05, 0.1) is 5.60 Å². The van der Waals surface area contributed by atoms with Crippen LogP contribution in [0.1, 0.15) is 51.4 Å². The summed E-state index contributed by atoms with van der Waals surface area (Å²) < 4.78 is 0. The van der Waals surface area contributed by atoms with E-state index in [9.17, 15) is 5.11 Å². The van der Waals surface area contributed by atoms with E-state index in [4.69, 9.17) is 0 Å². The van der Waals surface area contributed by atoms with Crippen LogP contribution < -0.4 is 0 Å². The van der Waals surface area contributed by atoms with Crippen LogP contribution in [0.3, 0.4) is 0 Å². The second kappa shape index (κ2) is 4.22. The second-order valence-corrected chi connectivity index (χ2v) is 6.03. The van der Waals surface area contributed by atoms with Crippen molar-refractivity contribution in [1.82, 2.24) is 0 Å². The fraction of sp³-hybridized carbons (Fsp3) is 1.00. The van der Waals surface area contributed by atoms with Gasteiger partial charge in [0.1, 0.15) is 0 Å². The maximum Gasteiger partial charge on any atom is 0.0658 e. The van der Waals surface area contributed by atoms with Crippen molar-refractivity contribution in [1.29, 1.82) is 0 Å². The summed E-state index contributed by atoms with van der Waals surface area (Å²) in [4.78, 5) is 0. The van der Waals surface area contributed by atoms with Gasteiger partial charge < -0.3 is 5.11 Å². The van der Waals surface area contributed by atoms with Crippen LogP contribution >= 0.6 is 11.8 Å². The van der Waals surface area contributed by atoms with Crippen molar-refractivity contribution < 1.29 is 5.11 Å². The molecular weight excluding hydrogens is 180 g/mol. The maximum absolute atomic E-state index is 10.3. The number of hydrogen-bond donors (Lipinski definition) is 1. The first-order chi connectivity index (χ1) is 6.29. The number of rotatable bonds is 2. The Morgan fingerprint density at radius 2 is 1.92 bits per heavy atom. The molecule has 0 aromatic rings. The molecule has 1 nitrogen and oxygen atoms in total. The van der Waals surface area contributed by atoms with E-state index in [1.165, 1.54) is 37.9 Å². The maximum atomic E-state index is 10.3. The average molecular weight is 200 g/mol. The molecule has 1 aliphatic heterocycles. The van der Waals surface area contributed by atoms with Gasteiger partial charge in [-0.2, -0.15) is 11.8 Å². The second-order valence-electron chi connectivity index (χ2n) is 4.62. The Labute approximate surface area is 85.3 Å². The fourth-order valence-electron chi connectivity index (χ4n) is 2.64. The van der Waals surface area contributed by atoms with Crippen molar-refractivity contribution >= 4 is 11.8 Å². The standard InChI is InChI=1S/C11H20OS/c12-11(6-2-1-3-7-11)9-10-5-4-8-13-10/h10,12H,1-9H2. The molecule has 2 heteroatoms. The summed E-state index contributed by atoms with van der Waals surface area (Å²) in [5, 5.41) is 11.1. The minimum Gasteiger partial charge on any atom is -0.390 e. The third-order valence-corrected chi connectivity index (χ3v) is 4.81. The van der Waals surface area contributed by atoms with Gasteiger partial charge in [0.15, 0.2) is 0 Å². The third kappa shape index (κ3) is 2.63. The summed E-state index contributed by atoms with van der Waals surface area (Å²) in [6, 6.07) is 0. The van der Waals surface area contributed by atoms with E-state index in [1.54, 1.807) is 0 Å². The largest absolute Gasteiger partial charge is 0.390 e. The molecule has 2 fully saturated rings. The number of aliphatic hydroxyl groups is 1. The van der Waals surface area contributed by atoms with Gasteiger partial charge in [0.2, 0.25) is 0 Å². The zero-order valence-corrected chi connectivity index (χ0v) is 9.11. The van der Waals surface area contributed by atoms with Gasteiger partial charge in [-0.3, -0.25) is 0 Å². The van der Waals surface area contributed by atoms with Crippen molar-refractivity contribution in [3.8, 4) is 0 Å². The van der Waals surface area contributed by atoms with Crippen LogP contribution in [0.4, 0.5) is 0 Å². The van der Waals surface area contributed by atoms with Crippen LogP contribution in [0.25, 0.3) is 0 Å². The lowest BCUT2D eigenvalue weighted by Gasteiger charge is -2.33. The minimum absolute atomic E-state index is 0.278. The smallest absolute Gasteiger partial charge is 0.0658 e. The summed E-state index contributed by atoms with van der Waals surface area (Å²) in [5.41, 5.74) is -0.278. The fourth-order valence-corrected chi connectivity index (χ4v) is 4.07. The van der Waals surface area contributed by atoms with Crippen LogP contribution in [-0.4, -0.2) is 21.7 Å². The Morgan fingerprint density at radius 3 is 2.54 bits per heavy atom. The summed E-state index contributed by atoms with van der Waals surface area (Å²) >= 11 is 2.07. The highest BCUT2D eigenvalue weighted by atomic mass is 32.2. The van der Waals surface area contributed by atoms with Crippen molar-refractivity contribution in [2.45, 2.75) is 62.2 Å². The van der Waals surface area contributed by atoms with Crippen LogP contribution in [-0.2, 0) is 0 Å². The molecule has 0 aromatic heterocycles. The molecule has 1 atom stereocenters. The molecule has 1 saturated carbocycles. The first kappa shape index (κ1) is 9.85. The molecule has 1 heterocycles. The average Bonchev–Trinajstić information content (AvgIpc) is 2.57. The van der Waals surface area contributed by atoms with Crippen molar-refractivity contribution in [2.24, 2.45) is 0 Å². The first-order valence-corrected chi connectivity index (χ1v) is 6.67. The predicted molar refractivity (Wildman–Crippen MR) is 58.1 cm³/mol. The predicted octanol–water partition coefficient (Wildman–Crippen LogP) is 2.97. The van der Waals surface area contributed by atoms with Gasteiger partial charge >= 0.3 is 0 Å². The Kier molecular flexibility index (Phi) is 3.20. The molecule has 1 saturated heterocycles. The molecule has 2 aliphatic rings. The van der Waals surface area contributed by atoms with E-state index >= 15 is 0 Å². The SMILES string of the molecule is OC1(CC2CCCS2)CCCCC1. The highest BCUT2D eigenvalue weighted by molar-refractivity contribution is 8.00. The van der Waals surface area contributed by atoms with E-state index in [0.717, 1.165) is 24.5 Å². The molecule has 76 valence electrons. The summed E-state index contributed by atoms with van der Waals surface area (Å²) in [7, 11) is 0. The van der Waals surface area contributed by atoms with Gasteiger partial charge in [-0.15, -0.1) is 0 Å². The lowest BCUT2D eigenvalue weighted by molar-refractivity contribution is -0.00396. The highest BCUT2D eigenvalue weighted by Gasteiger charge is 2.33. The molecule has 1 aliphatic carbocycles. The van der Waals surface area contributed by atoms with Gasteiger partial charge in [-0.1, -0.05) is 19.3 Å². The molecule has 1 N–H and O–H groups in total. The Balaban J connectivity index is 1.83. The van der Waals surface area contributed by atoms with Crippen molar-refractivity contribution in [2.75, 3.05) is 5.75 Å². The monoisotopic (exact) mass is 200 g/mol. The van der Waals surface area contributed by atoms with Crippen LogP contribution in [0.5, 0.6) is 0 Å². The van der Waals surface area contributed by atoms with E-state index in [-0.39, 0.29) is 5.60 Å². The van der Waals surface area contributed by atoms with E-state index in [1.807, 2.05) is 0 Å². The summed E-state index contributed by atoms with van der Waals surface area (Å²) in [6.45, 7) is 0. The van der Waals surface area contributed by atoms with E-state index < -0.39 is 0 Å². The first-order valence-electron chi connectivity index (χ1n) is 5.63. The molecule has 2 rings (SSSR count). The molecule has 0 spiro atoms. The zero-order valence-electron chi connectivity index (χ0n) is 8.30. The topological polar surface area (TPSA) is 20.2 Å². The Morgan fingerprint density at radius 1 is 1.15 bits per heavy atom. The molecule has 0 aromatic carbocycles. The van der Waals surface area contributed by atoms with Crippen LogP contribution in [0.15, 0.2) is 0 Å². The molecule has 13 heavy (non-hydrogen) atoms. The minimum atomic E-state index is -0.278. The Hall–Kier alpha value is 0.310. The van der Waals surface area contributed by atoms with Crippen molar-refractivity contribution in [3.63, 3.8) is 0 Å². The third-order valence-electron chi connectivity index (χ3n) is 3.42. The number of hydrogen-bond acceptors (Lipinski definition) is 2. The highest BCUT2D eigenvalue weighted by Crippen LogP contribution is 2.38. The van der Waals surface area contributed by atoms with Crippen molar-refractivity contribution in [3.05, 3.63) is 0 Å². The molecular formula is C11H20OS. The molecule has 0 radical (unpaired) electrons. The lowest BCUT2D eigenvalue weighted by Crippen LogP contribution is -2.34. The quantitative estimate of drug-likeness (QED) is 0.739. The van der Waals surface area contributed by atoms with Gasteiger partial charge in [0.25, 0.3) is 0 Å². The summed E-state index contributed by atoms with van der Waals surface area (Å²) in [6.07, 6.45) is 9.71. The normalized spacial score (nSPS) is 33.5. The van der Waals surface area contributed by atoms with Gasteiger partial charge in [-0.05, 0) is 37.9 Å². The van der Waals surface area contributed by atoms with Crippen LogP contribution in [0, 0.1) is 0 Å². The molecule has 1 unspecified atom stereocenters. The molecule has 0 amide bonds. The van der Waals surface area contributed by atoms with E-state index in [0.29, 0.717) is 0 Å². The number of thioether (sulfide) groups is 1. The zero-order chi connectivity index (χ0) is 9.15. The Bertz CT molecular complexity index is 157.